The summed E-state index contributed by atoms with van der Waals surface area (Å²) in [6, 6.07) is 6.59. The van der Waals surface area contributed by atoms with Crippen molar-refractivity contribution in [2.24, 2.45) is 0 Å². The van der Waals surface area contributed by atoms with E-state index in [0.29, 0.717) is 5.56 Å². The number of nitrogens with zero attached hydrogens (tertiary/aromatic N) is 1. The van der Waals surface area contributed by atoms with Crippen LogP contribution in [0.5, 0.6) is 0 Å². The van der Waals surface area contributed by atoms with Crippen LogP contribution in [-0.2, 0) is 0 Å². The minimum absolute atomic E-state index is 0.0858. The molecule has 0 fully saturated rings. The van der Waals surface area contributed by atoms with Crippen LogP contribution in [0.25, 0.3) is 11.3 Å². The summed E-state index contributed by atoms with van der Waals surface area (Å²) in [5.74, 6) is -1.30. The molecule has 0 amide bonds. The molecule has 3 nitrogen and oxygen atoms in total. The summed E-state index contributed by atoms with van der Waals surface area (Å²) in [5, 5.41) is 7.47. The lowest BCUT2D eigenvalue weighted by Gasteiger charge is -2.08. The number of nitrogens with two attached hydrogens (primary N) is 1. The molecule has 2 aromatic rings. The molecule has 1 heterocycles. The molecule has 0 aliphatic rings. The maximum atomic E-state index is 13.6. The summed E-state index contributed by atoms with van der Waals surface area (Å²) in [7, 11) is 0. The third-order valence-corrected chi connectivity index (χ3v) is 2.55. The van der Waals surface area contributed by atoms with Crippen LogP contribution in [0.2, 0.25) is 0 Å². The Hall–Kier alpha value is -2.30. The summed E-state index contributed by atoms with van der Waals surface area (Å²) >= 11 is 0. The molecular weight excluding hydrogens is 260 g/mol. The van der Waals surface area contributed by atoms with Gasteiger partial charge in [0.05, 0.1) is 11.3 Å². The minimum Gasteiger partial charge on any atom is -0.383 e. The van der Waals surface area contributed by atoms with Gasteiger partial charge in [-0.05, 0) is 31.2 Å². The van der Waals surface area contributed by atoms with Gasteiger partial charge in [-0.25, -0.2) is 13.8 Å². The maximum Gasteiger partial charge on any atom is 0.135 e. The van der Waals surface area contributed by atoms with E-state index < -0.39 is 11.6 Å². The van der Waals surface area contributed by atoms with Gasteiger partial charge in [0.2, 0.25) is 0 Å². The Kier molecular flexibility index (Phi) is 5.32. The van der Waals surface area contributed by atoms with Crippen molar-refractivity contribution in [2.45, 2.75) is 20.8 Å². The number of aromatic nitrogens is 1. The number of nitrogen functional groups attached to an aromatic ring is 1. The molecule has 0 aliphatic carbocycles. The van der Waals surface area contributed by atoms with Gasteiger partial charge in [-0.1, -0.05) is 19.9 Å². The van der Waals surface area contributed by atoms with E-state index >= 15 is 0 Å². The van der Waals surface area contributed by atoms with Gasteiger partial charge in [-0.2, -0.15) is 0 Å². The molecule has 2 rings (SSSR count). The quantitative estimate of drug-likeness (QED) is 0.814. The van der Waals surface area contributed by atoms with Crippen LogP contribution in [0.15, 0.2) is 30.3 Å². The number of hydrogen-bond donors (Lipinski definition) is 2. The first-order chi connectivity index (χ1) is 9.50. The van der Waals surface area contributed by atoms with Crippen LogP contribution in [0.4, 0.5) is 14.6 Å². The first kappa shape index (κ1) is 15.8. The predicted molar refractivity (Wildman–Crippen MR) is 77.9 cm³/mol. The fourth-order valence-corrected chi connectivity index (χ4v) is 1.67. The Bertz CT molecular complexity index is 604. The summed E-state index contributed by atoms with van der Waals surface area (Å²) in [5.41, 5.74) is 6.28. The SMILES string of the molecule is CC.CC(=N)c1ccc(-c2c(F)cccc2F)nc1N. The second kappa shape index (κ2) is 6.75. The fraction of sp³-hybridized carbons (Fsp3) is 0.200. The van der Waals surface area contributed by atoms with E-state index in [1.807, 2.05) is 13.8 Å². The van der Waals surface area contributed by atoms with Crippen molar-refractivity contribution >= 4 is 11.5 Å². The van der Waals surface area contributed by atoms with Gasteiger partial charge in [0.15, 0.2) is 0 Å². The number of halogens is 2. The van der Waals surface area contributed by atoms with Crippen molar-refractivity contribution in [1.82, 2.24) is 4.98 Å². The average molecular weight is 277 g/mol. The molecule has 0 bridgehead atoms. The Labute approximate surface area is 117 Å². The molecule has 0 aliphatic heterocycles. The number of rotatable bonds is 2. The third kappa shape index (κ3) is 3.17. The molecule has 5 heteroatoms. The van der Waals surface area contributed by atoms with Crippen LogP contribution in [0.1, 0.15) is 26.3 Å². The number of benzene rings is 1. The van der Waals surface area contributed by atoms with E-state index in [4.69, 9.17) is 11.1 Å². The highest BCUT2D eigenvalue weighted by Gasteiger charge is 2.14. The van der Waals surface area contributed by atoms with Crippen LogP contribution in [-0.4, -0.2) is 10.7 Å². The smallest absolute Gasteiger partial charge is 0.135 e. The van der Waals surface area contributed by atoms with Crippen molar-refractivity contribution in [3.05, 3.63) is 47.5 Å². The lowest BCUT2D eigenvalue weighted by Crippen LogP contribution is -2.04. The second-order valence-electron chi connectivity index (χ2n) is 3.85. The standard InChI is InChI=1S/C13H11F2N3.C2H6/c1-7(16)8-5-6-11(18-13(8)17)12-9(14)3-2-4-10(12)15;1-2/h2-6,16H,1H3,(H2,17,18);1-2H3. The van der Waals surface area contributed by atoms with Crippen molar-refractivity contribution in [1.29, 1.82) is 5.41 Å². The summed E-state index contributed by atoms with van der Waals surface area (Å²) < 4.78 is 27.1. The molecule has 0 saturated heterocycles. The van der Waals surface area contributed by atoms with Gasteiger partial charge in [-0.3, -0.25) is 0 Å². The van der Waals surface area contributed by atoms with Gasteiger partial charge in [0, 0.05) is 11.3 Å². The Morgan fingerprint density at radius 1 is 1.10 bits per heavy atom. The van der Waals surface area contributed by atoms with Crippen molar-refractivity contribution in [3.63, 3.8) is 0 Å². The average Bonchev–Trinajstić information content (AvgIpc) is 2.40. The number of nitrogens with one attached hydrogen (secondary N) is 1. The van der Waals surface area contributed by atoms with Crippen molar-refractivity contribution in [3.8, 4) is 11.3 Å². The Morgan fingerprint density at radius 3 is 2.10 bits per heavy atom. The van der Waals surface area contributed by atoms with E-state index in [9.17, 15) is 8.78 Å². The topological polar surface area (TPSA) is 62.8 Å². The molecule has 1 aromatic heterocycles. The van der Waals surface area contributed by atoms with Gasteiger partial charge < -0.3 is 11.1 Å². The molecule has 106 valence electrons. The van der Waals surface area contributed by atoms with Crippen LogP contribution >= 0.6 is 0 Å². The number of hydrogen-bond acceptors (Lipinski definition) is 3. The van der Waals surface area contributed by atoms with Crippen LogP contribution in [0.3, 0.4) is 0 Å². The summed E-state index contributed by atoms with van der Waals surface area (Å²) in [4.78, 5) is 3.94. The Balaban J connectivity index is 0.000000956. The van der Waals surface area contributed by atoms with E-state index in [-0.39, 0.29) is 22.8 Å². The highest BCUT2D eigenvalue weighted by atomic mass is 19.1. The number of pyridine rings is 1. The van der Waals surface area contributed by atoms with Gasteiger partial charge in [0.1, 0.15) is 17.5 Å². The van der Waals surface area contributed by atoms with Gasteiger partial charge in [-0.15, -0.1) is 0 Å². The highest BCUT2D eigenvalue weighted by molar-refractivity contribution is 6.00. The maximum absolute atomic E-state index is 13.6. The molecule has 20 heavy (non-hydrogen) atoms. The zero-order valence-corrected chi connectivity index (χ0v) is 11.7. The first-order valence-corrected chi connectivity index (χ1v) is 6.27. The minimum atomic E-state index is -0.693. The third-order valence-electron chi connectivity index (χ3n) is 2.55. The zero-order valence-electron chi connectivity index (χ0n) is 11.7. The number of anilines is 1. The van der Waals surface area contributed by atoms with Gasteiger partial charge >= 0.3 is 0 Å². The monoisotopic (exact) mass is 277 g/mol. The lowest BCUT2D eigenvalue weighted by atomic mass is 10.1. The molecule has 0 saturated carbocycles. The second-order valence-corrected chi connectivity index (χ2v) is 3.85. The summed E-state index contributed by atoms with van der Waals surface area (Å²) in [6.07, 6.45) is 0. The predicted octanol–water partition coefficient (Wildman–Crippen LogP) is 4.02. The highest BCUT2D eigenvalue weighted by Crippen LogP contribution is 2.26. The molecule has 0 atom stereocenters. The van der Waals surface area contributed by atoms with Crippen molar-refractivity contribution < 1.29 is 8.78 Å². The van der Waals surface area contributed by atoms with Gasteiger partial charge in [0.25, 0.3) is 0 Å². The Morgan fingerprint density at radius 2 is 1.65 bits per heavy atom. The van der Waals surface area contributed by atoms with E-state index in [1.165, 1.54) is 18.2 Å². The first-order valence-electron chi connectivity index (χ1n) is 6.27. The van der Waals surface area contributed by atoms with Crippen molar-refractivity contribution in [2.75, 3.05) is 5.73 Å². The van der Waals surface area contributed by atoms with E-state index in [0.717, 1.165) is 12.1 Å². The van der Waals surface area contributed by atoms with Crippen LogP contribution in [0, 0.1) is 17.0 Å². The fourth-order valence-electron chi connectivity index (χ4n) is 1.67. The lowest BCUT2D eigenvalue weighted by molar-refractivity contribution is 0.589. The molecule has 0 unspecified atom stereocenters. The normalized spacial score (nSPS) is 9.65. The van der Waals surface area contributed by atoms with Crippen LogP contribution < -0.4 is 5.73 Å². The largest absolute Gasteiger partial charge is 0.383 e. The molecular formula is C15H17F2N3. The molecule has 3 N–H and O–H groups in total. The zero-order chi connectivity index (χ0) is 15.3. The summed E-state index contributed by atoms with van der Waals surface area (Å²) in [6.45, 7) is 5.57. The molecule has 0 spiro atoms. The molecule has 0 radical (unpaired) electrons. The van der Waals surface area contributed by atoms with E-state index in [1.54, 1.807) is 6.92 Å². The molecule has 1 aromatic carbocycles. The van der Waals surface area contributed by atoms with E-state index in [2.05, 4.69) is 4.98 Å².